The average Bonchev–Trinajstić information content (AvgIpc) is 3.07. The van der Waals surface area contributed by atoms with Gasteiger partial charge in [-0.3, -0.25) is 9.59 Å². The lowest BCUT2D eigenvalue weighted by Crippen LogP contribution is -2.50. The number of amides is 2. The minimum absolute atomic E-state index is 0.0328. The van der Waals surface area contributed by atoms with Crippen LogP contribution in [0.15, 0.2) is 6.20 Å². The summed E-state index contributed by atoms with van der Waals surface area (Å²) in [5.41, 5.74) is 0.409. The average molecular weight is 277 g/mol. The van der Waals surface area contributed by atoms with Gasteiger partial charge in [-0.1, -0.05) is 12.1 Å². The molecule has 7 heteroatoms. The third kappa shape index (κ3) is 2.28. The van der Waals surface area contributed by atoms with Crippen LogP contribution >= 0.6 is 0 Å². The van der Waals surface area contributed by atoms with Crippen molar-refractivity contribution < 1.29 is 9.59 Å². The molecule has 2 saturated heterocycles. The molecule has 7 nitrogen and oxygen atoms in total. The van der Waals surface area contributed by atoms with Crippen molar-refractivity contribution in [1.82, 2.24) is 24.8 Å². The summed E-state index contributed by atoms with van der Waals surface area (Å²) in [5, 5.41) is 8.00. The third-order valence-electron chi connectivity index (χ3n) is 4.01. The number of likely N-dealkylation sites (tertiary alicyclic amines) is 2. The maximum atomic E-state index is 12.2. The van der Waals surface area contributed by atoms with E-state index in [0.29, 0.717) is 25.2 Å². The largest absolute Gasteiger partial charge is 0.338 e. The van der Waals surface area contributed by atoms with E-state index >= 15 is 0 Å². The van der Waals surface area contributed by atoms with Crippen molar-refractivity contribution in [1.29, 1.82) is 0 Å². The number of carbonyl (C=O) groups is 2. The summed E-state index contributed by atoms with van der Waals surface area (Å²) in [4.78, 5) is 27.3. The van der Waals surface area contributed by atoms with Gasteiger partial charge in [-0.05, 0) is 12.8 Å². The van der Waals surface area contributed by atoms with E-state index in [1.807, 2.05) is 11.8 Å². The maximum Gasteiger partial charge on any atom is 0.276 e. The monoisotopic (exact) mass is 277 g/mol. The van der Waals surface area contributed by atoms with Crippen LogP contribution in [0, 0.1) is 0 Å². The van der Waals surface area contributed by atoms with E-state index in [1.165, 1.54) is 0 Å². The molecule has 2 amide bonds. The number of rotatable bonds is 3. The molecule has 0 N–H and O–H groups in total. The highest BCUT2D eigenvalue weighted by atomic mass is 16.2. The summed E-state index contributed by atoms with van der Waals surface area (Å²) in [6, 6.07) is 0.151. The van der Waals surface area contributed by atoms with Crippen molar-refractivity contribution in [2.45, 2.75) is 32.2 Å². The first-order valence-corrected chi connectivity index (χ1v) is 7.18. The van der Waals surface area contributed by atoms with Crippen molar-refractivity contribution in [3.05, 3.63) is 11.9 Å². The Morgan fingerprint density at radius 1 is 1.25 bits per heavy atom. The molecule has 0 bridgehead atoms. The Morgan fingerprint density at radius 3 is 2.60 bits per heavy atom. The van der Waals surface area contributed by atoms with Gasteiger partial charge in [-0.25, -0.2) is 4.68 Å². The molecule has 0 spiro atoms. The smallest absolute Gasteiger partial charge is 0.276 e. The van der Waals surface area contributed by atoms with Crippen molar-refractivity contribution in [2.75, 3.05) is 26.2 Å². The lowest BCUT2D eigenvalue weighted by Gasteiger charge is -2.38. The molecular formula is C13H19N5O2. The summed E-state index contributed by atoms with van der Waals surface area (Å²) in [5.74, 6) is 0.129. The van der Waals surface area contributed by atoms with E-state index in [2.05, 4.69) is 10.3 Å². The van der Waals surface area contributed by atoms with Gasteiger partial charge in [0.15, 0.2) is 5.69 Å². The van der Waals surface area contributed by atoms with Crippen LogP contribution in [0.2, 0.25) is 0 Å². The second-order valence-corrected chi connectivity index (χ2v) is 5.39. The topological polar surface area (TPSA) is 71.3 Å². The SMILES string of the molecule is CCC(=O)N1CC(n2cc(C(=O)N3CCCC3)nn2)C1. The van der Waals surface area contributed by atoms with Gasteiger partial charge in [-0.2, -0.15) is 0 Å². The summed E-state index contributed by atoms with van der Waals surface area (Å²) < 4.78 is 1.71. The van der Waals surface area contributed by atoms with Gasteiger partial charge < -0.3 is 9.80 Å². The molecule has 0 aromatic carbocycles. The maximum absolute atomic E-state index is 12.2. The normalized spacial score (nSPS) is 19.2. The van der Waals surface area contributed by atoms with E-state index in [4.69, 9.17) is 0 Å². The molecule has 2 aliphatic rings. The first kappa shape index (κ1) is 13.1. The number of carbonyl (C=O) groups excluding carboxylic acids is 2. The second-order valence-electron chi connectivity index (χ2n) is 5.39. The third-order valence-corrected chi connectivity index (χ3v) is 4.01. The fourth-order valence-corrected chi connectivity index (χ4v) is 2.69. The van der Waals surface area contributed by atoms with Crippen molar-refractivity contribution >= 4 is 11.8 Å². The summed E-state index contributed by atoms with van der Waals surface area (Å²) >= 11 is 0. The number of aromatic nitrogens is 3. The Balaban J connectivity index is 1.60. The Morgan fingerprint density at radius 2 is 1.95 bits per heavy atom. The Kier molecular flexibility index (Phi) is 3.42. The number of hydrogen-bond acceptors (Lipinski definition) is 4. The molecule has 1 aromatic rings. The van der Waals surface area contributed by atoms with Crippen LogP contribution in [0.4, 0.5) is 0 Å². The summed E-state index contributed by atoms with van der Waals surface area (Å²) in [7, 11) is 0. The summed E-state index contributed by atoms with van der Waals surface area (Å²) in [6.07, 6.45) is 4.37. The minimum atomic E-state index is -0.0328. The van der Waals surface area contributed by atoms with E-state index in [0.717, 1.165) is 25.9 Å². The number of hydrogen-bond donors (Lipinski definition) is 0. The van der Waals surface area contributed by atoms with Crippen LogP contribution in [0.3, 0.4) is 0 Å². The zero-order chi connectivity index (χ0) is 14.1. The minimum Gasteiger partial charge on any atom is -0.338 e. The van der Waals surface area contributed by atoms with Gasteiger partial charge in [0.05, 0.1) is 12.2 Å². The van der Waals surface area contributed by atoms with Crippen molar-refractivity contribution in [2.24, 2.45) is 0 Å². The quantitative estimate of drug-likeness (QED) is 0.797. The molecule has 2 fully saturated rings. The standard InChI is InChI=1S/C13H19N5O2/c1-2-12(19)17-7-10(8-17)18-9-11(14-15-18)13(20)16-5-3-4-6-16/h9-10H,2-8H2,1H3. The molecule has 1 aromatic heterocycles. The fraction of sp³-hybridized carbons (Fsp3) is 0.692. The van der Waals surface area contributed by atoms with Gasteiger partial charge in [0.25, 0.3) is 5.91 Å². The zero-order valence-corrected chi connectivity index (χ0v) is 11.7. The van der Waals surface area contributed by atoms with Crippen LogP contribution in [0.5, 0.6) is 0 Å². The Hall–Kier alpha value is -1.92. The second kappa shape index (κ2) is 5.22. The highest BCUT2D eigenvalue weighted by molar-refractivity contribution is 5.92. The van der Waals surface area contributed by atoms with Crippen LogP contribution in [-0.2, 0) is 4.79 Å². The van der Waals surface area contributed by atoms with Crippen molar-refractivity contribution in [3.63, 3.8) is 0 Å². The van der Waals surface area contributed by atoms with Gasteiger partial charge in [-0.15, -0.1) is 5.10 Å². The molecular weight excluding hydrogens is 258 g/mol. The van der Waals surface area contributed by atoms with Gasteiger partial charge in [0, 0.05) is 32.6 Å². The van der Waals surface area contributed by atoms with E-state index in [9.17, 15) is 9.59 Å². The molecule has 0 radical (unpaired) electrons. The Labute approximate surface area is 117 Å². The highest BCUT2D eigenvalue weighted by Gasteiger charge is 2.32. The van der Waals surface area contributed by atoms with Crippen LogP contribution in [0.1, 0.15) is 42.7 Å². The molecule has 108 valence electrons. The van der Waals surface area contributed by atoms with Crippen LogP contribution in [-0.4, -0.2) is 62.8 Å². The van der Waals surface area contributed by atoms with Crippen LogP contribution in [0.25, 0.3) is 0 Å². The van der Waals surface area contributed by atoms with Gasteiger partial charge in [0.2, 0.25) is 5.91 Å². The zero-order valence-electron chi connectivity index (χ0n) is 11.7. The van der Waals surface area contributed by atoms with E-state index < -0.39 is 0 Å². The lowest BCUT2D eigenvalue weighted by atomic mass is 10.1. The first-order valence-electron chi connectivity index (χ1n) is 7.18. The molecule has 0 saturated carbocycles. The fourth-order valence-electron chi connectivity index (χ4n) is 2.69. The molecule has 0 aliphatic carbocycles. The Bertz CT molecular complexity index is 515. The van der Waals surface area contributed by atoms with Crippen LogP contribution < -0.4 is 0 Å². The van der Waals surface area contributed by atoms with Gasteiger partial charge in [0.1, 0.15) is 0 Å². The lowest BCUT2D eigenvalue weighted by molar-refractivity contribution is -0.136. The van der Waals surface area contributed by atoms with Gasteiger partial charge >= 0.3 is 0 Å². The predicted molar refractivity (Wildman–Crippen MR) is 71.1 cm³/mol. The molecule has 0 atom stereocenters. The molecule has 2 aliphatic heterocycles. The highest BCUT2D eigenvalue weighted by Crippen LogP contribution is 2.21. The van der Waals surface area contributed by atoms with Crippen molar-refractivity contribution in [3.8, 4) is 0 Å². The molecule has 20 heavy (non-hydrogen) atoms. The summed E-state index contributed by atoms with van der Waals surface area (Å²) in [6.45, 7) is 4.81. The van der Waals surface area contributed by atoms with E-state index in [1.54, 1.807) is 15.8 Å². The predicted octanol–water partition coefficient (Wildman–Crippen LogP) is 0.307. The van der Waals surface area contributed by atoms with E-state index in [-0.39, 0.29) is 17.9 Å². The molecule has 3 rings (SSSR count). The molecule has 3 heterocycles. The number of nitrogens with zero attached hydrogens (tertiary/aromatic N) is 5. The first-order chi connectivity index (χ1) is 9.69. The molecule has 0 unspecified atom stereocenters.